The summed E-state index contributed by atoms with van der Waals surface area (Å²) < 4.78 is 38.9. The number of amides is 1. The van der Waals surface area contributed by atoms with Gasteiger partial charge in [0.05, 0.1) is 11.1 Å². The fourth-order valence-electron chi connectivity index (χ4n) is 2.50. The first-order chi connectivity index (χ1) is 9.45. The zero-order valence-corrected chi connectivity index (χ0v) is 12.4. The zero-order valence-electron chi connectivity index (χ0n) is 10.8. The van der Waals surface area contributed by atoms with Gasteiger partial charge in [0.2, 0.25) is 0 Å². The first-order valence-corrected chi connectivity index (χ1v) is 7.60. The first kappa shape index (κ1) is 15.4. The Balaban J connectivity index is 2.33. The number of alkyl halides is 4. The van der Waals surface area contributed by atoms with Crippen LogP contribution in [0.2, 0.25) is 0 Å². The molecule has 110 valence electrons. The van der Waals surface area contributed by atoms with Gasteiger partial charge in [0.25, 0.3) is 5.91 Å². The van der Waals surface area contributed by atoms with Crippen molar-refractivity contribution in [2.24, 2.45) is 0 Å². The van der Waals surface area contributed by atoms with Crippen molar-refractivity contribution in [1.82, 2.24) is 4.90 Å². The lowest BCUT2D eigenvalue weighted by molar-refractivity contribution is -0.138. The van der Waals surface area contributed by atoms with Crippen LogP contribution in [-0.4, -0.2) is 28.7 Å². The molecule has 0 spiro atoms. The van der Waals surface area contributed by atoms with Crippen molar-refractivity contribution < 1.29 is 18.0 Å². The molecule has 0 radical (unpaired) electrons. The van der Waals surface area contributed by atoms with Gasteiger partial charge in [-0.1, -0.05) is 28.1 Å². The Morgan fingerprint density at radius 1 is 1.30 bits per heavy atom. The van der Waals surface area contributed by atoms with Crippen molar-refractivity contribution in [3.8, 4) is 0 Å². The average Bonchev–Trinajstić information content (AvgIpc) is 2.45. The van der Waals surface area contributed by atoms with E-state index in [0.29, 0.717) is 11.9 Å². The maximum Gasteiger partial charge on any atom is 0.417 e. The second-order valence-electron chi connectivity index (χ2n) is 4.85. The van der Waals surface area contributed by atoms with E-state index in [4.69, 9.17) is 0 Å². The van der Waals surface area contributed by atoms with E-state index in [9.17, 15) is 18.0 Å². The third-order valence-corrected chi connectivity index (χ3v) is 4.28. The molecule has 1 aliphatic heterocycles. The molecule has 1 atom stereocenters. The van der Waals surface area contributed by atoms with Crippen LogP contribution in [0.25, 0.3) is 0 Å². The number of carbonyl (C=O) groups is 1. The molecule has 2 nitrogen and oxygen atoms in total. The van der Waals surface area contributed by atoms with Crippen molar-refractivity contribution >= 4 is 21.8 Å². The molecule has 1 fully saturated rings. The Labute approximate surface area is 124 Å². The molecule has 1 aromatic rings. The standard InChI is InChI=1S/C14H15BrF3NO/c15-9-10-5-3-4-8-19(10)13(20)11-6-1-2-7-12(11)14(16,17)18/h1-2,6-7,10H,3-5,8-9H2. The molecule has 1 saturated heterocycles. The molecule has 6 heteroatoms. The van der Waals surface area contributed by atoms with E-state index in [1.54, 1.807) is 4.90 Å². The van der Waals surface area contributed by atoms with Crippen LogP contribution in [0, 0.1) is 0 Å². The minimum atomic E-state index is -4.51. The number of piperidine rings is 1. The van der Waals surface area contributed by atoms with Crippen LogP contribution < -0.4 is 0 Å². The Bertz CT molecular complexity index is 490. The lowest BCUT2D eigenvalue weighted by atomic mass is 10.00. The first-order valence-electron chi connectivity index (χ1n) is 6.48. The summed E-state index contributed by atoms with van der Waals surface area (Å²) in [6, 6.07) is 4.95. The van der Waals surface area contributed by atoms with Crippen LogP contribution in [0.5, 0.6) is 0 Å². The highest BCUT2D eigenvalue weighted by Crippen LogP contribution is 2.33. The molecule has 1 amide bonds. The molecule has 2 rings (SSSR count). The second kappa shape index (κ2) is 6.16. The number of benzene rings is 1. The highest BCUT2D eigenvalue weighted by atomic mass is 79.9. The molecule has 0 aromatic heterocycles. The van der Waals surface area contributed by atoms with Gasteiger partial charge in [-0.25, -0.2) is 0 Å². The van der Waals surface area contributed by atoms with Gasteiger partial charge in [0, 0.05) is 17.9 Å². The van der Waals surface area contributed by atoms with E-state index < -0.39 is 17.6 Å². The number of hydrogen-bond donors (Lipinski definition) is 0. The number of likely N-dealkylation sites (tertiary alicyclic amines) is 1. The van der Waals surface area contributed by atoms with Crippen molar-refractivity contribution in [2.45, 2.75) is 31.5 Å². The lowest BCUT2D eigenvalue weighted by Gasteiger charge is -2.35. The molecular weight excluding hydrogens is 335 g/mol. The third-order valence-electron chi connectivity index (χ3n) is 3.53. The number of halogens is 4. The molecule has 0 N–H and O–H groups in total. The summed E-state index contributed by atoms with van der Waals surface area (Å²) in [5.41, 5.74) is -1.11. The SMILES string of the molecule is O=C(c1ccccc1C(F)(F)F)N1CCCCC1CBr. The number of rotatable bonds is 2. The topological polar surface area (TPSA) is 20.3 Å². The van der Waals surface area contributed by atoms with Gasteiger partial charge in [-0.3, -0.25) is 4.79 Å². The van der Waals surface area contributed by atoms with Gasteiger partial charge in [-0.2, -0.15) is 13.2 Å². The molecule has 1 heterocycles. The van der Waals surface area contributed by atoms with Gasteiger partial charge in [-0.15, -0.1) is 0 Å². The summed E-state index contributed by atoms with van der Waals surface area (Å²) in [6.07, 6.45) is -1.85. The predicted octanol–water partition coefficient (Wildman–Crippen LogP) is 4.10. The van der Waals surface area contributed by atoms with E-state index in [0.717, 1.165) is 25.3 Å². The summed E-state index contributed by atoms with van der Waals surface area (Å²) in [7, 11) is 0. The smallest absolute Gasteiger partial charge is 0.335 e. The summed E-state index contributed by atoms with van der Waals surface area (Å²) in [6.45, 7) is 0.515. The normalized spacial score (nSPS) is 20.0. The number of carbonyl (C=O) groups excluding carboxylic acids is 1. The Hall–Kier alpha value is -1.04. The maximum atomic E-state index is 13.0. The molecular formula is C14H15BrF3NO. The molecule has 0 aliphatic carbocycles. The molecule has 0 saturated carbocycles. The van der Waals surface area contributed by atoms with Crippen LogP contribution >= 0.6 is 15.9 Å². The molecule has 1 aliphatic rings. The minimum Gasteiger partial charge on any atom is -0.335 e. The quantitative estimate of drug-likeness (QED) is 0.736. The summed E-state index contributed by atoms with van der Waals surface area (Å²) in [5.74, 6) is -0.526. The predicted molar refractivity (Wildman–Crippen MR) is 73.9 cm³/mol. The maximum absolute atomic E-state index is 13.0. The summed E-state index contributed by atoms with van der Waals surface area (Å²) in [5, 5.41) is 0.590. The van der Waals surface area contributed by atoms with Crippen LogP contribution in [0.1, 0.15) is 35.2 Å². The fraction of sp³-hybridized carbons (Fsp3) is 0.500. The minimum absolute atomic E-state index is 0.0301. The van der Waals surface area contributed by atoms with E-state index in [2.05, 4.69) is 15.9 Å². The van der Waals surface area contributed by atoms with Crippen molar-refractivity contribution in [2.75, 3.05) is 11.9 Å². The lowest BCUT2D eigenvalue weighted by Crippen LogP contribution is -2.45. The van der Waals surface area contributed by atoms with Crippen LogP contribution in [0.15, 0.2) is 24.3 Å². The Morgan fingerprint density at radius 3 is 2.65 bits per heavy atom. The van der Waals surface area contributed by atoms with E-state index in [-0.39, 0.29) is 11.6 Å². The highest BCUT2D eigenvalue weighted by Gasteiger charge is 2.37. The van der Waals surface area contributed by atoms with Crippen LogP contribution in [0.3, 0.4) is 0 Å². The van der Waals surface area contributed by atoms with E-state index in [1.807, 2.05) is 0 Å². The Kier molecular flexibility index (Phi) is 4.73. The highest BCUT2D eigenvalue weighted by molar-refractivity contribution is 9.09. The van der Waals surface area contributed by atoms with Crippen LogP contribution in [0.4, 0.5) is 13.2 Å². The molecule has 0 bridgehead atoms. The Morgan fingerprint density at radius 2 is 2.00 bits per heavy atom. The zero-order chi connectivity index (χ0) is 14.8. The van der Waals surface area contributed by atoms with Gasteiger partial charge >= 0.3 is 6.18 Å². The van der Waals surface area contributed by atoms with Crippen molar-refractivity contribution in [1.29, 1.82) is 0 Å². The van der Waals surface area contributed by atoms with Gasteiger partial charge in [0.15, 0.2) is 0 Å². The van der Waals surface area contributed by atoms with Crippen molar-refractivity contribution in [3.63, 3.8) is 0 Å². The van der Waals surface area contributed by atoms with Gasteiger partial charge in [0.1, 0.15) is 0 Å². The van der Waals surface area contributed by atoms with E-state index >= 15 is 0 Å². The van der Waals surface area contributed by atoms with Gasteiger partial charge in [-0.05, 0) is 31.4 Å². The average molecular weight is 350 g/mol. The monoisotopic (exact) mass is 349 g/mol. The van der Waals surface area contributed by atoms with Gasteiger partial charge < -0.3 is 4.90 Å². The largest absolute Gasteiger partial charge is 0.417 e. The second-order valence-corrected chi connectivity index (χ2v) is 5.49. The number of hydrogen-bond acceptors (Lipinski definition) is 1. The number of nitrogens with zero attached hydrogens (tertiary/aromatic N) is 1. The fourth-order valence-corrected chi connectivity index (χ4v) is 3.17. The third kappa shape index (κ3) is 3.16. The molecule has 20 heavy (non-hydrogen) atoms. The van der Waals surface area contributed by atoms with E-state index in [1.165, 1.54) is 18.2 Å². The molecule has 1 aromatic carbocycles. The summed E-state index contributed by atoms with van der Waals surface area (Å²) in [4.78, 5) is 14.0. The molecule has 1 unspecified atom stereocenters. The van der Waals surface area contributed by atoms with Crippen molar-refractivity contribution in [3.05, 3.63) is 35.4 Å². The van der Waals surface area contributed by atoms with Crippen LogP contribution in [-0.2, 0) is 6.18 Å². The summed E-state index contributed by atoms with van der Waals surface area (Å²) >= 11 is 3.33.